The minimum absolute atomic E-state index is 0.164. The van der Waals surface area contributed by atoms with Gasteiger partial charge in [0, 0.05) is 30.9 Å². The Labute approximate surface area is 150 Å². The molecule has 1 amide bonds. The summed E-state index contributed by atoms with van der Waals surface area (Å²) >= 11 is 0. The van der Waals surface area contributed by atoms with Crippen LogP contribution in [0.15, 0.2) is 18.3 Å². The zero-order chi connectivity index (χ0) is 17.6. The van der Waals surface area contributed by atoms with Crippen molar-refractivity contribution < 1.29 is 14.3 Å². The number of carbonyl (C=O) groups is 1. The number of ether oxygens (including phenoxy) is 2. The minimum Gasteiger partial charge on any atom is -0.481 e. The molecule has 0 aromatic carbocycles. The third-order valence-electron chi connectivity index (χ3n) is 5.47. The van der Waals surface area contributed by atoms with Crippen molar-refractivity contribution in [3.63, 3.8) is 0 Å². The third kappa shape index (κ3) is 4.24. The molecule has 2 aliphatic heterocycles. The SMILES string of the molecule is CCOC(=O)N1CCC(N2CCC(c3cccnc3OC)CC2)CC1. The first-order valence-electron chi connectivity index (χ1n) is 9.37. The Hall–Kier alpha value is -1.82. The smallest absolute Gasteiger partial charge is 0.409 e. The molecule has 0 saturated carbocycles. The van der Waals surface area contributed by atoms with Crippen LogP contribution in [0.5, 0.6) is 5.88 Å². The number of rotatable bonds is 4. The lowest BCUT2D eigenvalue weighted by Crippen LogP contribution is -2.48. The summed E-state index contributed by atoms with van der Waals surface area (Å²) in [5, 5.41) is 0. The standard InChI is InChI=1S/C19H29N3O3/c1-3-25-19(23)22-13-8-16(9-14-22)21-11-6-15(7-12-21)17-5-4-10-20-18(17)24-2/h4-5,10,15-16H,3,6-9,11-14H2,1-2H3. The Morgan fingerprint density at radius 3 is 2.56 bits per heavy atom. The summed E-state index contributed by atoms with van der Waals surface area (Å²) in [5.41, 5.74) is 1.24. The Bertz CT molecular complexity index is 565. The first-order valence-corrected chi connectivity index (χ1v) is 9.37. The molecule has 0 bridgehead atoms. The van der Waals surface area contributed by atoms with Gasteiger partial charge in [0.25, 0.3) is 0 Å². The average Bonchev–Trinajstić information content (AvgIpc) is 2.68. The van der Waals surface area contributed by atoms with Crippen LogP contribution < -0.4 is 4.74 Å². The second kappa shape index (κ2) is 8.52. The van der Waals surface area contributed by atoms with Crippen molar-refractivity contribution in [2.75, 3.05) is 39.9 Å². The number of piperidine rings is 2. The van der Waals surface area contributed by atoms with Crippen LogP contribution in [0.3, 0.4) is 0 Å². The highest BCUT2D eigenvalue weighted by atomic mass is 16.6. The van der Waals surface area contributed by atoms with Gasteiger partial charge in [-0.1, -0.05) is 6.07 Å². The minimum atomic E-state index is -0.164. The molecule has 0 N–H and O–H groups in total. The van der Waals surface area contributed by atoms with Gasteiger partial charge in [0.1, 0.15) is 0 Å². The summed E-state index contributed by atoms with van der Waals surface area (Å²) in [7, 11) is 1.69. The lowest BCUT2D eigenvalue weighted by atomic mass is 9.88. The molecule has 0 atom stereocenters. The lowest BCUT2D eigenvalue weighted by Gasteiger charge is -2.41. The average molecular weight is 347 g/mol. The van der Waals surface area contributed by atoms with Crippen LogP contribution in [0.1, 0.15) is 44.1 Å². The van der Waals surface area contributed by atoms with E-state index in [2.05, 4.69) is 16.0 Å². The highest BCUT2D eigenvalue weighted by molar-refractivity contribution is 5.67. The van der Waals surface area contributed by atoms with Gasteiger partial charge in [0.05, 0.1) is 13.7 Å². The molecule has 1 aromatic rings. The van der Waals surface area contributed by atoms with E-state index in [0.717, 1.165) is 57.7 Å². The quantitative estimate of drug-likeness (QED) is 0.838. The van der Waals surface area contributed by atoms with E-state index in [-0.39, 0.29) is 6.09 Å². The van der Waals surface area contributed by atoms with Gasteiger partial charge >= 0.3 is 6.09 Å². The number of pyridine rings is 1. The number of hydrogen-bond acceptors (Lipinski definition) is 5. The fourth-order valence-electron chi connectivity index (χ4n) is 4.09. The van der Waals surface area contributed by atoms with Crippen LogP contribution in [0.2, 0.25) is 0 Å². The molecule has 0 unspecified atom stereocenters. The normalized spacial score (nSPS) is 20.5. The molecule has 3 heterocycles. The topological polar surface area (TPSA) is 54.9 Å². The van der Waals surface area contributed by atoms with E-state index in [0.29, 0.717) is 18.6 Å². The van der Waals surface area contributed by atoms with E-state index in [1.54, 1.807) is 13.3 Å². The molecule has 2 saturated heterocycles. The second-order valence-electron chi connectivity index (χ2n) is 6.83. The Morgan fingerprint density at radius 2 is 1.92 bits per heavy atom. The van der Waals surface area contributed by atoms with Crippen molar-refractivity contribution in [1.82, 2.24) is 14.8 Å². The summed E-state index contributed by atoms with van der Waals surface area (Å²) in [6.07, 6.45) is 5.98. The maximum atomic E-state index is 11.8. The molecule has 0 aliphatic carbocycles. The van der Waals surface area contributed by atoms with Crippen LogP contribution in [-0.2, 0) is 4.74 Å². The van der Waals surface area contributed by atoms with Gasteiger partial charge in [0.2, 0.25) is 5.88 Å². The molecular weight excluding hydrogens is 318 g/mol. The molecule has 6 heteroatoms. The van der Waals surface area contributed by atoms with Gasteiger partial charge in [-0.15, -0.1) is 0 Å². The van der Waals surface area contributed by atoms with E-state index in [9.17, 15) is 4.79 Å². The highest BCUT2D eigenvalue weighted by Crippen LogP contribution is 2.34. The van der Waals surface area contributed by atoms with Crippen molar-refractivity contribution in [2.45, 2.75) is 44.6 Å². The van der Waals surface area contributed by atoms with Crippen molar-refractivity contribution >= 4 is 6.09 Å². The number of aromatic nitrogens is 1. The van der Waals surface area contributed by atoms with E-state index >= 15 is 0 Å². The Kier molecular flexibility index (Phi) is 6.13. The fourth-order valence-corrected chi connectivity index (χ4v) is 4.09. The van der Waals surface area contributed by atoms with Crippen molar-refractivity contribution in [1.29, 1.82) is 0 Å². The predicted octanol–water partition coefficient (Wildman–Crippen LogP) is 2.89. The van der Waals surface area contributed by atoms with Crippen molar-refractivity contribution in [3.05, 3.63) is 23.9 Å². The maximum Gasteiger partial charge on any atom is 0.409 e. The molecule has 138 valence electrons. The molecule has 2 aliphatic rings. The lowest BCUT2D eigenvalue weighted by molar-refractivity contribution is 0.0662. The number of carbonyl (C=O) groups excluding carboxylic acids is 1. The van der Waals surface area contributed by atoms with Crippen LogP contribution in [0.4, 0.5) is 4.79 Å². The number of nitrogens with zero attached hydrogens (tertiary/aromatic N) is 3. The molecular formula is C19H29N3O3. The summed E-state index contributed by atoms with van der Waals surface area (Å²) in [5.74, 6) is 1.29. The van der Waals surface area contributed by atoms with Crippen molar-refractivity contribution in [3.8, 4) is 5.88 Å². The van der Waals surface area contributed by atoms with Crippen molar-refractivity contribution in [2.24, 2.45) is 0 Å². The summed E-state index contributed by atoms with van der Waals surface area (Å²) in [6, 6.07) is 4.72. The van der Waals surface area contributed by atoms with E-state index in [4.69, 9.17) is 9.47 Å². The van der Waals surface area contributed by atoms with Gasteiger partial charge in [0.15, 0.2) is 0 Å². The summed E-state index contributed by atoms with van der Waals surface area (Å²) in [6.45, 7) is 6.12. The fraction of sp³-hybridized carbons (Fsp3) is 0.684. The zero-order valence-corrected chi connectivity index (χ0v) is 15.3. The molecule has 0 radical (unpaired) electrons. The highest BCUT2D eigenvalue weighted by Gasteiger charge is 2.31. The summed E-state index contributed by atoms with van der Waals surface area (Å²) in [4.78, 5) is 20.6. The predicted molar refractivity (Wildman–Crippen MR) is 96.0 cm³/mol. The largest absolute Gasteiger partial charge is 0.481 e. The van der Waals surface area contributed by atoms with Gasteiger partial charge in [-0.25, -0.2) is 9.78 Å². The van der Waals surface area contributed by atoms with Crippen LogP contribution in [0.25, 0.3) is 0 Å². The molecule has 25 heavy (non-hydrogen) atoms. The maximum absolute atomic E-state index is 11.8. The number of likely N-dealkylation sites (tertiary alicyclic amines) is 2. The molecule has 2 fully saturated rings. The van der Waals surface area contributed by atoms with E-state index in [1.807, 2.05) is 17.9 Å². The van der Waals surface area contributed by atoms with Crippen LogP contribution in [0, 0.1) is 0 Å². The molecule has 1 aromatic heterocycles. The first kappa shape index (κ1) is 18.0. The van der Waals surface area contributed by atoms with E-state index < -0.39 is 0 Å². The van der Waals surface area contributed by atoms with Gasteiger partial charge in [-0.3, -0.25) is 0 Å². The van der Waals surface area contributed by atoms with Gasteiger partial charge < -0.3 is 19.3 Å². The van der Waals surface area contributed by atoms with Crippen LogP contribution in [-0.4, -0.2) is 66.8 Å². The molecule has 3 rings (SSSR count). The molecule has 6 nitrogen and oxygen atoms in total. The Balaban J connectivity index is 1.49. The van der Waals surface area contributed by atoms with Gasteiger partial charge in [-0.05, 0) is 57.7 Å². The number of hydrogen-bond donors (Lipinski definition) is 0. The van der Waals surface area contributed by atoms with Crippen LogP contribution >= 0.6 is 0 Å². The Morgan fingerprint density at radius 1 is 1.20 bits per heavy atom. The summed E-state index contributed by atoms with van der Waals surface area (Å²) < 4.78 is 10.5. The first-order chi connectivity index (χ1) is 12.2. The molecule has 0 spiro atoms. The number of methoxy groups -OCH3 is 1. The second-order valence-corrected chi connectivity index (χ2v) is 6.83. The monoisotopic (exact) mass is 347 g/mol. The number of amides is 1. The third-order valence-corrected chi connectivity index (χ3v) is 5.47. The zero-order valence-electron chi connectivity index (χ0n) is 15.3. The van der Waals surface area contributed by atoms with E-state index in [1.165, 1.54) is 5.56 Å². The van der Waals surface area contributed by atoms with Gasteiger partial charge in [-0.2, -0.15) is 0 Å².